The van der Waals surface area contributed by atoms with Crippen LogP contribution >= 0.6 is 0 Å². The smallest absolute Gasteiger partial charge is 0.338 e. The summed E-state index contributed by atoms with van der Waals surface area (Å²) in [4.78, 5) is 21.6. The van der Waals surface area contributed by atoms with Crippen molar-refractivity contribution in [3.63, 3.8) is 0 Å². The van der Waals surface area contributed by atoms with Crippen molar-refractivity contribution in [1.82, 2.24) is 0 Å². The minimum Gasteiger partial charge on any atom is -0.459 e. The zero-order valence-electron chi connectivity index (χ0n) is 9.87. The lowest BCUT2D eigenvalue weighted by molar-refractivity contribution is -0.384. The second-order valence-electron chi connectivity index (χ2n) is 4.16. The lowest BCUT2D eigenvalue weighted by Gasteiger charge is -2.33. The zero-order chi connectivity index (χ0) is 13.1. The van der Waals surface area contributed by atoms with Gasteiger partial charge < -0.3 is 9.47 Å². The first-order valence-electron chi connectivity index (χ1n) is 5.58. The van der Waals surface area contributed by atoms with Gasteiger partial charge in [0.05, 0.1) is 16.6 Å². The summed E-state index contributed by atoms with van der Waals surface area (Å²) < 4.78 is 10.3. The molecule has 0 saturated heterocycles. The summed E-state index contributed by atoms with van der Waals surface area (Å²) >= 11 is 0. The van der Waals surface area contributed by atoms with E-state index in [1.165, 1.54) is 24.3 Å². The SMILES string of the molecule is CO[C@H]1C[C@H](OC(=O)c2ccc([N+](=O)[O-])cc2)C1. The highest BCUT2D eigenvalue weighted by atomic mass is 16.6. The number of nitro benzene ring substituents is 1. The Kier molecular flexibility index (Phi) is 3.57. The normalized spacial score (nSPS) is 22.1. The Morgan fingerprint density at radius 1 is 1.28 bits per heavy atom. The fraction of sp³-hybridized carbons (Fsp3) is 0.417. The number of benzene rings is 1. The molecule has 96 valence electrons. The first-order valence-corrected chi connectivity index (χ1v) is 5.58. The number of ether oxygens (including phenoxy) is 2. The van der Waals surface area contributed by atoms with Crippen LogP contribution < -0.4 is 0 Å². The molecule has 0 atom stereocenters. The first-order chi connectivity index (χ1) is 8.60. The van der Waals surface area contributed by atoms with Gasteiger partial charge in [-0.15, -0.1) is 0 Å². The molecule has 0 unspecified atom stereocenters. The van der Waals surface area contributed by atoms with E-state index < -0.39 is 10.9 Å². The molecular formula is C12H13NO5. The van der Waals surface area contributed by atoms with E-state index >= 15 is 0 Å². The third kappa shape index (κ3) is 2.65. The van der Waals surface area contributed by atoms with Crippen molar-refractivity contribution in [2.45, 2.75) is 25.0 Å². The van der Waals surface area contributed by atoms with Crippen LogP contribution in [0.5, 0.6) is 0 Å². The highest BCUT2D eigenvalue weighted by molar-refractivity contribution is 5.89. The van der Waals surface area contributed by atoms with E-state index in [2.05, 4.69) is 0 Å². The second kappa shape index (κ2) is 5.14. The third-order valence-corrected chi connectivity index (χ3v) is 2.97. The molecule has 0 N–H and O–H groups in total. The lowest BCUT2D eigenvalue weighted by atomic mass is 9.92. The molecule has 1 aliphatic rings. The summed E-state index contributed by atoms with van der Waals surface area (Å²) in [6, 6.07) is 5.37. The molecule has 1 aromatic carbocycles. The van der Waals surface area contributed by atoms with E-state index in [1.54, 1.807) is 7.11 Å². The maximum Gasteiger partial charge on any atom is 0.338 e. The summed E-state index contributed by atoms with van der Waals surface area (Å²) in [6.45, 7) is 0. The molecule has 18 heavy (non-hydrogen) atoms. The highest BCUT2D eigenvalue weighted by Crippen LogP contribution is 2.26. The summed E-state index contributed by atoms with van der Waals surface area (Å²) in [6.07, 6.45) is 1.46. The van der Waals surface area contributed by atoms with Crippen LogP contribution in [0, 0.1) is 10.1 Å². The van der Waals surface area contributed by atoms with Gasteiger partial charge in [-0.05, 0) is 12.1 Å². The highest BCUT2D eigenvalue weighted by Gasteiger charge is 2.32. The van der Waals surface area contributed by atoms with E-state index in [9.17, 15) is 14.9 Å². The molecule has 0 radical (unpaired) electrons. The molecule has 0 aliphatic heterocycles. The summed E-state index contributed by atoms with van der Waals surface area (Å²) in [5.74, 6) is -0.454. The lowest BCUT2D eigenvalue weighted by Crippen LogP contribution is -2.38. The maximum atomic E-state index is 11.7. The predicted molar refractivity (Wildman–Crippen MR) is 62.3 cm³/mol. The number of nitro groups is 1. The minimum absolute atomic E-state index is 0.0466. The number of hydrogen-bond acceptors (Lipinski definition) is 5. The minimum atomic E-state index is -0.510. The molecule has 0 heterocycles. The third-order valence-electron chi connectivity index (χ3n) is 2.97. The first kappa shape index (κ1) is 12.5. The Balaban J connectivity index is 1.91. The van der Waals surface area contributed by atoms with Crippen molar-refractivity contribution in [2.75, 3.05) is 7.11 Å². The molecule has 6 nitrogen and oxygen atoms in total. The predicted octanol–water partition coefficient (Wildman–Crippen LogP) is 1.93. The van der Waals surface area contributed by atoms with Crippen molar-refractivity contribution >= 4 is 11.7 Å². The Labute approximate surface area is 104 Å². The largest absolute Gasteiger partial charge is 0.459 e. The van der Waals surface area contributed by atoms with E-state index in [4.69, 9.17) is 9.47 Å². The van der Waals surface area contributed by atoms with Gasteiger partial charge >= 0.3 is 5.97 Å². The van der Waals surface area contributed by atoms with Crippen molar-refractivity contribution < 1.29 is 19.2 Å². The summed E-state index contributed by atoms with van der Waals surface area (Å²) in [5, 5.41) is 10.5. The average Bonchev–Trinajstić information content (AvgIpc) is 2.33. The van der Waals surface area contributed by atoms with Gasteiger partial charge in [-0.3, -0.25) is 10.1 Å². The average molecular weight is 251 g/mol. The molecule has 6 heteroatoms. The van der Waals surface area contributed by atoms with Crippen LogP contribution in [0.4, 0.5) is 5.69 Å². The van der Waals surface area contributed by atoms with E-state index in [0.29, 0.717) is 18.4 Å². The van der Waals surface area contributed by atoms with Gasteiger partial charge in [0.15, 0.2) is 0 Å². The zero-order valence-corrected chi connectivity index (χ0v) is 9.87. The molecule has 0 aromatic heterocycles. The molecule has 0 spiro atoms. The Bertz CT molecular complexity index is 450. The fourth-order valence-electron chi connectivity index (χ4n) is 1.74. The van der Waals surface area contributed by atoms with Crippen LogP contribution in [-0.2, 0) is 9.47 Å². The van der Waals surface area contributed by atoms with Crippen molar-refractivity contribution in [2.24, 2.45) is 0 Å². The molecule has 1 aromatic rings. The molecular weight excluding hydrogens is 238 g/mol. The molecule has 2 rings (SSSR count). The standard InChI is InChI=1S/C12H13NO5/c1-17-10-6-11(7-10)18-12(14)8-2-4-9(5-3-8)13(15)16/h2-5,10-11H,6-7H2,1H3/t10-,11-. The van der Waals surface area contributed by atoms with Crippen LogP contribution in [0.1, 0.15) is 23.2 Å². The van der Waals surface area contributed by atoms with Crippen LogP contribution in [0.3, 0.4) is 0 Å². The Hall–Kier alpha value is -1.95. The second-order valence-corrected chi connectivity index (χ2v) is 4.16. The number of methoxy groups -OCH3 is 1. The van der Waals surface area contributed by atoms with Gasteiger partial charge in [-0.25, -0.2) is 4.79 Å². The summed E-state index contributed by atoms with van der Waals surface area (Å²) in [7, 11) is 1.62. The van der Waals surface area contributed by atoms with Gasteiger partial charge in [-0.2, -0.15) is 0 Å². The van der Waals surface area contributed by atoms with Crippen LogP contribution in [0.2, 0.25) is 0 Å². The number of hydrogen-bond donors (Lipinski definition) is 0. The summed E-state index contributed by atoms with van der Waals surface area (Å²) in [5.41, 5.74) is 0.274. The van der Waals surface area contributed by atoms with Gasteiger partial charge in [-0.1, -0.05) is 0 Å². The Morgan fingerprint density at radius 2 is 1.89 bits per heavy atom. The van der Waals surface area contributed by atoms with Gasteiger partial charge in [0.2, 0.25) is 0 Å². The number of carbonyl (C=O) groups is 1. The molecule has 1 aliphatic carbocycles. The number of rotatable bonds is 4. The van der Waals surface area contributed by atoms with Crippen LogP contribution in [0.15, 0.2) is 24.3 Å². The van der Waals surface area contributed by atoms with Gasteiger partial charge in [0.25, 0.3) is 5.69 Å². The number of carbonyl (C=O) groups excluding carboxylic acids is 1. The van der Waals surface area contributed by atoms with Gasteiger partial charge in [0.1, 0.15) is 6.10 Å². The van der Waals surface area contributed by atoms with Crippen molar-refractivity contribution in [3.05, 3.63) is 39.9 Å². The quantitative estimate of drug-likeness (QED) is 0.464. The molecule has 1 saturated carbocycles. The van der Waals surface area contributed by atoms with E-state index in [1.807, 2.05) is 0 Å². The topological polar surface area (TPSA) is 78.7 Å². The van der Waals surface area contributed by atoms with E-state index in [0.717, 1.165) is 0 Å². The fourth-order valence-corrected chi connectivity index (χ4v) is 1.74. The van der Waals surface area contributed by atoms with Gasteiger partial charge in [0, 0.05) is 32.1 Å². The number of esters is 1. The molecule has 0 bridgehead atoms. The van der Waals surface area contributed by atoms with Crippen molar-refractivity contribution in [3.8, 4) is 0 Å². The van der Waals surface area contributed by atoms with Crippen LogP contribution in [0.25, 0.3) is 0 Å². The van der Waals surface area contributed by atoms with Crippen LogP contribution in [-0.4, -0.2) is 30.2 Å². The molecule has 1 fully saturated rings. The monoisotopic (exact) mass is 251 g/mol. The maximum absolute atomic E-state index is 11.7. The van der Waals surface area contributed by atoms with E-state index in [-0.39, 0.29) is 17.9 Å². The number of non-ortho nitro benzene ring substituents is 1. The number of nitrogens with zero attached hydrogens (tertiary/aromatic N) is 1. The van der Waals surface area contributed by atoms with Crippen molar-refractivity contribution in [1.29, 1.82) is 0 Å². The molecule has 0 amide bonds. The Morgan fingerprint density at radius 3 is 2.39 bits per heavy atom.